The van der Waals surface area contributed by atoms with Gasteiger partial charge in [-0.15, -0.1) is 0 Å². The fraction of sp³-hybridized carbons (Fsp3) is 0.163. The van der Waals surface area contributed by atoms with Crippen LogP contribution in [0.25, 0.3) is 0 Å². The van der Waals surface area contributed by atoms with E-state index in [1.165, 1.54) is 38.2 Å². The summed E-state index contributed by atoms with van der Waals surface area (Å²) in [6, 6.07) is 43.8. The van der Waals surface area contributed by atoms with Crippen LogP contribution in [-0.4, -0.2) is 16.6 Å². The summed E-state index contributed by atoms with van der Waals surface area (Å²) in [6.07, 6.45) is 6.70. The molecular weight excluding hydrogens is 591 g/mol. The fourth-order valence-corrected chi connectivity index (χ4v) is 10.1. The van der Waals surface area contributed by atoms with E-state index in [-0.39, 0.29) is 23.9 Å². The normalized spacial score (nSPS) is 18.8. The van der Waals surface area contributed by atoms with E-state index < -0.39 is 7.92 Å². The van der Waals surface area contributed by atoms with Crippen LogP contribution in [0.4, 0.5) is 0 Å². The number of nitrogens with zero attached hydrogens (tertiary/aromatic N) is 2. The molecular formula is C43H39N2OP. The smallest absolute Gasteiger partial charge is 0.259 e. The van der Waals surface area contributed by atoms with E-state index in [9.17, 15) is 4.79 Å². The SMILES string of the molecule is Cc1cc(C)cc(P(C2=CC=CC2C2=N[C@H](c3ccccc3)[C@@H](c3ccccc3)N2C(=O)c2ccccc2)c2cc(C)cc(C)c2)c1. The third-order valence-electron chi connectivity index (χ3n) is 8.97. The van der Waals surface area contributed by atoms with Gasteiger partial charge in [0.25, 0.3) is 5.91 Å². The van der Waals surface area contributed by atoms with E-state index in [2.05, 4.69) is 131 Å². The Kier molecular flexibility index (Phi) is 8.58. The monoisotopic (exact) mass is 630 g/mol. The summed E-state index contributed by atoms with van der Waals surface area (Å²) in [5.74, 6) is 0.622. The van der Waals surface area contributed by atoms with Gasteiger partial charge in [0.1, 0.15) is 11.9 Å². The molecule has 1 aliphatic carbocycles. The minimum absolute atomic E-state index is 0.0292. The second kappa shape index (κ2) is 13.1. The number of carbonyl (C=O) groups excluding carboxylic acids is 1. The predicted octanol–water partition coefficient (Wildman–Crippen LogP) is 9.46. The summed E-state index contributed by atoms with van der Waals surface area (Å²) in [6.45, 7) is 8.72. The van der Waals surface area contributed by atoms with Crippen molar-refractivity contribution in [1.29, 1.82) is 0 Å². The number of aliphatic imine (C=N–C) groups is 1. The van der Waals surface area contributed by atoms with Crippen LogP contribution in [0.3, 0.4) is 0 Å². The molecule has 5 aromatic carbocycles. The van der Waals surface area contributed by atoms with Gasteiger partial charge in [0.15, 0.2) is 0 Å². The number of benzene rings is 5. The molecule has 47 heavy (non-hydrogen) atoms. The highest BCUT2D eigenvalue weighted by atomic mass is 31.1. The number of hydrogen-bond donors (Lipinski definition) is 0. The Bertz CT molecular complexity index is 1920. The van der Waals surface area contributed by atoms with Crippen molar-refractivity contribution in [1.82, 2.24) is 4.90 Å². The van der Waals surface area contributed by atoms with Crippen LogP contribution in [0.5, 0.6) is 0 Å². The lowest BCUT2D eigenvalue weighted by atomic mass is 9.93. The first kappa shape index (κ1) is 30.8. The van der Waals surface area contributed by atoms with Crippen LogP contribution in [0.15, 0.2) is 156 Å². The zero-order valence-electron chi connectivity index (χ0n) is 27.3. The van der Waals surface area contributed by atoms with Gasteiger partial charge in [-0.05, 0) is 74.8 Å². The quantitative estimate of drug-likeness (QED) is 0.165. The standard InChI is InChI=1S/C43H39N2OP/c1-29-23-30(2)26-36(25-29)47(37-27-31(3)24-32(4)28-37)39-22-14-21-38(39)42-44-40(33-15-8-5-9-16-33)41(34-17-10-6-11-18-34)45(42)43(46)35-19-12-7-13-20-35/h5-28,38,40-41H,1-4H3/t38?,40-,41-/m1/s1. The molecule has 2 aliphatic rings. The molecule has 3 atom stereocenters. The molecule has 0 fully saturated rings. The van der Waals surface area contributed by atoms with Gasteiger partial charge < -0.3 is 0 Å². The van der Waals surface area contributed by atoms with Gasteiger partial charge >= 0.3 is 0 Å². The first-order chi connectivity index (χ1) is 22.9. The minimum Gasteiger partial charge on any atom is -0.286 e. The Balaban J connectivity index is 1.42. The molecule has 5 aromatic rings. The van der Waals surface area contributed by atoms with E-state index in [0.717, 1.165) is 17.0 Å². The van der Waals surface area contributed by atoms with Crippen molar-refractivity contribution in [2.24, 2.45) is 10.9 Å². The molecule has 1 aliphatic heterocycles. The number of allylic oxidation sites excluding steroid dienone is 2. The molecule has 0 saturated heterocycles. The average Bonchev–Trinajstić information content (AvgIpc) is 3.70. The molecule has 0 saturated carbocycles. The molecule has 3 nitrogen and oxygen atoms in total. The molecule has 1 amide bonds. The molecule has 0 radical (unpaired) electrons. The Morgan fingerprint density at radius 2 is 1.13 bits per heavy atom. The molecule has 1 heterocycles. The lowest BCUT2D eigenvalue weighted by Crippen LogP contribution is -2.40. The molecule has 0 N–H and O–H groups in total. The molecule has 4 heteroatoms. The predicted molar refractivity (Wildman–Crippen MR) is 197 cm³/mol. The Labute approximate surface area is 279 Å². The van der Waals surface area contributed by atoms with Crippen LogP contribution in [0.2, 0.25) is 0 Å². The summed E-state index contributed by atoms with van der Waals surface area (Å²) >= 11 is 0. The van der Waals surface area contributed by atoms with Gasteiger partial charge in [-0.3, -0.25) is 14.7 Å². The summed E-state index contributed by atoms with van der Waals surface area (Å²) in [5.41, 5.74) is 7.86. The maximum absolute atomic E-state index is 14.8. The van der Waals surface area contributed by atoms with Crippen molar-refractivity contribution < 1.29 is 4.79 Å². The summed E-state index contributed by atoms with van der Waals surface area (Å²) in [5, 5.41) is 3.93. The fourth-order valence-electron chi connectivity index (χ4n) is 7.13. The van der Waals surface area contributed by atoms with Gasteiger partial charge in [-0.1, -0.05) is 156 Å². The minimum atomic E-state index is -0.922. The third-order valence-corrected chi connectivity index (χ3v) is 11.5. The van der Waals surface area contributed by atoms with Crippen molar-refractivity contribution in [3.05, 3.63) is 190 Å². The second-order valence-electron chi connectivity index (χ2n) is 12.7. The molecule has 0 spiro atoms. The van der Waals surface area contributed by atoms with Gasteiger partial charge in [-0.2, -0.15) is 0 Å². The first-order valence-electron chi connectivity index (χ1n) is 16.3. The molecule has 0 bridgehead atoms. The second-order valence-corrected chi connectivity index (χ2v) is 14.9. The Hall–Kier alpha value is -4.85. The van der Waals surface area contributed by atoms with E-state index >= 15 is 0 Å². The highest BCUT2D eigenvalue weighted by Crippen LogP contribution is 2.53. The summed E-state index contributed by atoms with van der Waals surface area (Å²) in [7, 11) is -0.922. The van der Waals surface area contributed by atoms with E-state index in [1.54, 1.807) is 0 Å². The number of aryl methyl sites for hydroxylation is 4. The lowest BCUT2D eigenvalue weighted by molar-refractivity contribution is 0.0800. The number of hydrogen-bond acceptors (Lipinski definition) is 2. The number of carbonyl (C=O) groups is 1. The van der Waals surface area contributed by atoms with Crippen LogP contribution < -0.4 is 10.6 Å². The maximum atomic E-state index is 14.8. The van der Waals surface area contributed by atoms with E-state index in [0.29, 0.717) is 5.56 Å². The van der Waals surface area contributed by atoms with Gasteiger partial charge in [0, 0.05) is 5.56 Å². The van der Waals surface area contributed by atoms with Crippen LogP contribution in [-0.2, 0) is 0 Å². The van der Waals surface area contributed by atoms with Crippen LogP contribution in [0, 0.1) is 33.6 Å². The van der Waals surface area contributed by atoms with Crippen LogP contribution >= 0.6 is 7.92 Å². The lowest BCUT2D eigenvalue weighted by Gasteiger charge is -2.33. The zero-order valence-corrected chi connectivity index (χ0v) is 28.2. The Morgan fingerprint density at radius 3 is 1.66 bits per heavy atom. The topological polar surface area (TPSA) is 32.7 Å². The average molecular weight is 631 g/mol. The third kappa shape index (κ3) is 6.16. The molecule has 0 aromatic heterocycles. The first-order valence-corrected chi connectivity index (χ1v) is 17.6. The summed E-state index contributed by atoms with van der Waals surface area (Å²) < 4.78 is 0. The van der Waals surface area contributed by atoms with Gasteiger partial charge in [0.2, 0.25) is 0 Å². The number of rotatable bonds is 7. The highest BCUT2D eigenvalue weighted by Gasteiger charge is 2.46. The molecule has 232 valence electrons. The van der Waals surface area contributed by atoms with Crippen molar-refractivity contribution in [2.75, 3.05) is 0 Å². The largest absolute Gasteiger partial charge is 0.286 e. The molecule has 1 unspecified atom stereocenters. The zero-order chi connectivity index (χ0) is 32.5. The van der Waals surface area contributed by atoms with Gasteiger partial charge in [0.05, 0.1) is 12.0 Å². The van der Waals surface area contributed by atoms with Crippen molar-refractivity contribution in [3.63, 3.8) is 0 Å². The van der Waals surface area contributed by atoms with Crippen molar-refractivity contribution in [3.8, 4) is 0 Å². The highest BCUT2D eigenvalue weighted by molar-refractivity contribution is 7.76. The number of amidine groups is 1. The van der Waals surface area contributed by atoms with E-state index in [1.807, 2.05) is 47.4 Å². The Morgan fingerprint density at radius 1 is 0.638 bits per heavy atom. The summed E-state index contributed by atoms with van der Waals surface area (Å²) in [4.78, 5) is 22.3. The maximum Gasteiger partial charge on any atom is 0.259 e. The van der Waals surface area contributed by atoms with Crippen LogP contribution in [0.1, 0.15) is 55.8 Å². The van der Waals surface area contributed by atoms with Gasteiger partial charge in [-0.25, -0.2) is 0 Å². The van der Waals surface area contributed by atoms with Crippen molar-refractivity contribution in [2.45, 2.75) is 39.8 Å². The molecule has 7 rings (SSSR count). The number of amides is 1. The van der Waals surface area contributed by atoms with E-state index in [4.69, 9.17) is 4.99 Å². The van der Waals surface area contributed by atoms with Crippen molar-refractivity contribution >= 4 is 30.3 Å².